The van der Waals surface area contributed by atoms with Crippen molar-refractivity contribution in [3.8, 4) is 0 Å². The lowest BCUT2D eigenvalue weighted by Crippen LogP contribution is -2.47. The van der Waals surface area contributed by atoms with Crippen molar-refractivity contribution in [1.29, 1.82) is 0 Å². The number of aromatic amines is 1. The molecule has 1 aliphatic heterocycles. The molecule has 3 N–H and O–H groups in total. The summed E-state index contributed by atoms with van der Waals surface area (Å²) in [5.74, 6) is -0.265. The second kappa shape index (κ2) is 4.85. The third-order valence-electron chi connectivity index (χ3n) is 3.31. The van der Waals surface area contributed by atoms with Gasteiger partial charge in [0, 0.05) is 23.9 Å². The molecule has 9 nitrogen and oxygen atoms in total. The van der Waals surface area contributed by atoms with E-state index in [0.29, 0.717) is 23.1 Å². The number of benzene rings is 1. The van der Waals surface area contributed by atoms with Crippen LogP contribution in [-0.2, 0) is 9.59 Å². The van der Waals surface area contributed by atoms with E-state index in [1.165, 1.54) is 12.1 Å². The van der Waals surface area contributed by atoms with E-state index in [1.807, 2.05) is 0 Å². The largest absolute Gasteiger partial charge is 0.356 e. The Morgan fingerprint density at radius 3 is 2.90 bits per heavy atom. The maximum absolute atomic E-state index is 11.7. The van der Waals surface area contributed by atoms with Crippen molar-refractivity contribution in [2.24, 2.45) is 0 Å². The molecular weight excluding hydrogens is 278 g/mol. The fourth-order valence-corrected chi connectivity index (χ4v) is 2.23. The number of nitro groups is 1. The van der Waals surface area contributed by atoms with E-state index in [2.05, 4.69) is 20.8 Å². The predicted octanol–water partition coefficient (Wildman–Crippen LogP) is 0.688. The van der Waals surface area contributed by atoms with Crippen molar-refractivity contribution < 1.29 is 14.5 Å². The molecule has 1 saturated heterocycles. The number of non-ortho nitro benzene ring substituents is 1. The highest BCUT2D eigenvalue weighted by Gasteiger charge is 2.27. The number of aromatic nitrogens is 2. The molecule has 2 heterocycles. The molecule has 1 aliphatic rings. The van der Waals surface area contributed by atoms with Crippen LogP contribution in [0.3, 0.4) is 0 Å². The monoisotopic (exact) mass is 289 g/mol. The number of nitro benzene ring substituents is 1. The summed E-state index contributed by atoms with van der Waals surface area (Å²) >= 11 is 0. The van der Waals surface area contributed by atoms with Crippen molar-refractivity contribution >= 4 is 34.2 Å². The quantitative estimate of drug-likeness (QED) is 0.433. The summed E-state index contributed by atoms with van der Waals surface area (Å²) < 4.78 is 0. The Balaban J connectivity index is 1.86. The lowest BCUT2D eigenvalue weighted by molar-refractivity contribution is -0.384. The van der Waals surface area contributed by atoms with Crippen molar-refractivity contribution in [2.75, 3.05) is 5.32 Å². The predicted molar refractivity (Wildman–Crippen MR) is 72.5 cm³/mol. The minimum Gasteiger partial charge on any atom is -0.356 e. The van der Waals surface area contributed by atoms with Crippen LogP contribution in [0.2, 0.25) is 0 Å². The van der Waals surface area contributed by atoms with E-state index in [1.54, 1.807) is 6.07 Å². The Hall–Kier alpha value is -2.97. The summed E-state index contributed by atoms with van der Waals surface area (Å²) in [6, 6.07) is 3.75. The molecule has 1 aromatic heterocycles. The zero-order valence-corrected chi connectivity index (χ0v) is 10.8. The van der Waals surface area contributed by atoms with Gasteiger partial charge in [-0.3, -0.25) is 30.1 Å². The zero-order valence-electron chi connectivity index (χ0n) is 10.8. The van der Waals surface area contributed by atoms with E-state index in [0.717, 1.165) is 0 Å². The standard InChI is InChI=1S/C12H11N5O4/c18-10-4-3-8(12(19)14-10)13-11-7-2-1-6(17(20)21)5-9(7)15-16-11/h1-2,5,8H,3-4H2,(H2,13,15,16)(H,14,18,19). The fourth-order valence-electron chi connectivity index (χ4n) is 2.23. The first-order valence-corrected chi connectivity index (χ1v) is 6.27. The smallest absolute Gasteiger partial charge is 0.271 e. The number of imide groups is 1. The molecule has 0 aliphatic carbocycles. The van der Waals surface area contributed by atoms with Gasteiger partial charge in [-0.15, -0.1) is 0 Å². The van der Waals surface area contributed by atoms with Crippen LogP contribution in [0.5, 0.6) is 0 Å². The molecular formula is C12H11N5O4. The number of amides is 2. The lowest BCUT2D eigenvalue weighted by atomic mass is 10.1. The van der Waals surface area contributed by atoms with E-state index >= 15 is 0 Å². The van der Waals surface area contributed by atoms with Gasteiger partial charge in [0.15, 0.2) is 5.82 Å². The SMILES string of the molecule is O=C1CCC(Nc2n[nH]c3cc([N+](=O)[O-])ccc23)C(=O)N1. The van der Waals surface area contributed by atoms with Gasteiger partial charge in [0.05, 0.1) is 10.4 Å². The van der Waals surface area contributed by atoms with Crippen LogP contribution in [0.4, 0.5) is 11.5 Å². The van der Waals surface area contributed by atoms with E-state index in [9.17, 15) is 19.7 Å². The number of H-pyrrole nitrogens is 1. The number of fused-ring (bicyclic) bond motifs is 1. The Bertz CT molecular complexity index is 753. The summed E-state index contributed by atoms with van der Waals surface area (Å²) in [6.07, 6.45) is 0.642. The van der Waals surface area contributed by atoms with Gasteiger partial charge in [-0.1, -0.05) is 0 Å². The van der Waals surface area contributed by atoms with Gasteiger partial charge in [-0.2, -0.15) is 5.10 Å². The Labute approximate surface area is 117 Å². The van der Waals surface area contributed by atoms with Crippen molar-refractivity contribution in [2.45, 2.75) is 18.9 Å². The van der Waals surface area contributed by atoms with Gasteiger partial charge in [0.1, 0.15) is 6.04 Å². The minimum atomic E-state index is -0.551. The van der Waals surface area contributed by atoms with Crippen molar-refractivity contribution in [3.05, 3.63) is 28.3 Å². The van der Waals surface area contributed by atoms with E-state index in [-0.39, 0.29) is 18.0 Å². The van der Waals surface area contributed by atoms with Gasteiger partial charge in [-0.25, -0.2) is 0 Å². The second-order valence-corrected chi connectivity index (χ2v) is 4.71. The first kappa shape index (κ1) is 13.0. The van der Waals surface area contributed by atoms with Crippen LogP contribution in [0, 0.1) is 10.1 Å². The van der Waals surface area contributed by atoms with Crippen LogP contribution in [0.25, 0.3) is 10.9 Å². The van der Waals surface area contributed by atoms with E-state index < -0.39 is 16.9 Å². The summed E-state index contributed by atoms with van der Waals surface area (Å²) in [6.45, 7) is 0. The number of nitrogens with one attached hydrogen (secondary N) is 3. The van der Waals surface area contributed by atoms with Gasteiger partial charge in [0.2, 0.25) is 11.8 Å². The zero-order chi connectivity index (χ0) is 15.0. The summed E-state index contributed by atoms with van der Waals surface area (Å²) in [5, 5.41) is 23.2. The van der Waals surface area contributed by atoms with Crippen LogP contribution in [0.15, 0.2) is 18.2 Å². The Morgan fingerprint density at radius 2 is 2.19 bits per heavy atom. The molecule has 2 aromatic rings. The third-order valence-corrected chi connectivity index (χ3v) is 3.31. The van der Waals surface area contributed by atoms with Crippen LogP contribution in [-0.4, -0.2) is 33.0 Å². The first-order valence-electron chi connectivity index (χ1n) is 6.27. The molecule has 2 amide bonds. The highest BCUT2D eigenvalue weighted by molar-refractivity contribution is 6.02. The van der Waals surface area contributed by atoms with Crippen LogP contribution >= 0.6 is 0 Å². The number of rotatable bonds is 3. The average Bonchev–Trinajstić information content (AvgIpc) is 2.84. The number of carbonyl (C=O) groups excluding carboxylic acids is 2. The second-order valence-electron chi connectivity index (χ2n) is 4.71. The lowest BCUT2D eigenvalue weighted by Gasteiger charge is -2.21. The van der Waals surface area contributed by atoms with Crippen LogP contribution < -0.4 is 10.6 Å². The highest BCUT2D eigenvalue weighted by Crippen LogP contribution is 2.25. The number of hydrogen-bond acceptors (Lipinski definition) is 6. The fraction of sp³-hybridized carbons (Fsp3) is 0.250. The molecule has 0 bridgehead atoms. The maximum Gasteiger partial charge on any atom is 0.271 e. The number of nitrogens with zero attached hydrogens (tertiary/aromatic N) is 2. The van der Waals surface area contributed by atoms with Crippen molar-refractivity contribution in [1.82, 2.24) is 15.5 Å². The molecule has 0 radical (unpaired) electrons. The number of hydrogen-bond donors (Lipinski definition) is 3. The molecule has 0 saturated carbocycles. The normalized spacial score (nSPS) is 18.6. The Kier molecular flexibility index (Phi) is 3.01. The summed E-state index contributed by atoms with van der Waals surface area (Å²) in [7, 11) is 0. The van der Waals surface area contributed by atoms with Gasteiger partial charge < -0.3 is 5.32 Å². The molecule has 1 fully saturated rings. The molecule has 1 atom stereocenters. The minimum absolute atomic E-state index is 0.0429. The summed E-state index contributed by atoms with van der Waals surface area (Å²) in [5.41, 5.74) is 0.456. The van der Waals surface area contributed by atoms with E-state index in [4.69, 9.17) is 0 Å². The molecule has 1 unspecified atom stereocenters. The van der Waals surface area contributed by atoms with Gasteiger partial charge in [0.25, 0.3) is 5.69 Å². The molecule has 9 heteroatoms. The number of piperidine rings is 1. The molecule has 0 spiro atoms. The first-order chi connectivity index (χ1) is 10.0. The molecule has 108 valence electrons. The maximum atomic E-state index is 11.7. The molecule has 21 heavy (non-hydrogen) atoms. The number of anilines is 1. The summed E-state index contributed by atoms with van der Waals surface area (Å²) in [4.78, 5) is 33.0. The van der Waals surface area contributed by atoms with Crippen LogP contribution in [0.1, 0.15) is 12.8 Å². The number of carbonyl (C=O) groups is 2. The molecule has 1 aromatic carbocycles. The molecule has 3 rings (SSSR count). The Morgan fingerprint density at radius 1 is 1.38 bits per heavy atom. The van der Waals surface area contributed by atoms with Gasteiger partial charge >= 0.3 is 0 Å². The average molecular weight is 289 g/mol. The topological polar surface area (TPSA) is 130 Å². The highest BCUT2D eigenvalue weighted by atomic mass is 16.6. The van der Waals surface area contributed by atoms with Gasteiger partial charge in [-0.05, 0) is 12.5 Å². The third kappa shape index (κ3) is 2.40. The van der Waals surface area contributed by atoms with Crippen molar-refractivity contribution in [3.63, 3.8) is 0 Å².